The number of hydrogen-bond donors (Lipinski definition) is 0. The third-order valence-electron chi connectivity index (χ3n) is 6.88. The number of aromatic nitrogens is 1. The van der Waals surface area contributed by atoms with Crippen LogP contribution in [-0.4, -0.2) is 27.6 Å². The normalized spacial score (nSPS) is 26.7. The van der Waals surface area contributed by atoms with Crippen molar-refractivity contribution in [2.45, 2.75) is 13.0 Å². The molecule has 1 saturated carbocycles. The molecule has 1 aliphatic heterocycles. The number of carbonyl (C=O) groups is 2. The van der Waals surface area contributed by atoms with Crippen LogP contribution in [0.2, 0.25) is 0 Å². The molecular formula is C25H20FN3O2. The lowest BCUT2D eigenvalue weighted by atomic mass is 9.85. The molecule has 1 aromatic heterocycles. The lowest BCUT2D eigenvalue weighted by Gasteiger charge is -2.13. The lowest BCUT2D eigenvalue weighted by Crippen LogP contribution is -2.28. The van der Waals surface area contributed by atoms with E-state index < -0.39 is 0 Å². The molecule has 6 rings (SSSR count). The Morgan fingerprint density at radius 1 is 0.968 bits per heavy atom. The summed E-state index contributed by atoms with van der Waals surface area (Å²) in [6.45, 7) is 0.377. The summed E-state index contributed by atoms with van der Waals surface area (Å²) in [6, 6.07) is 14.5. The third kappa shape index (κ3) is 2.71. The Morgan fingerprint density at radius 2 is 1.65 bits per heavy atom. The highest BCUT2D eigenvalue weighted by molar-refractivity contribution is 6.07. The third-order valence-corrected chi connectivity index (χ3v) is 6.88. The number of hydrogen-bond acceptors (Lipinski definition) is 3. The molecule has 0 spiro atoms. The highest BCUT2D eigenvalue weighted by Gasteiger charge is 2.59. The molecule has 2 amide bonds. The van der Waals surface area contributed by atoms with Gasteiger partial charge in [-0.2, -0.15) is 10.1 Å². The van der Waals surface area contributed by atoms with Crippen molar-refractivity contribution in [1.29, 1.82) is 0 Å². The average Bonchev–Trinajstić information content (AvgIpc) is 3.53. The van der Waals surface area contributed by atoms with Crippen molar-refractivity contribution in [2.24, 2.45) is 28.8 Å². The number of amides is 2. The van der Waals surface area contributed by atoms with Crippen LogP contribution < -0.4 is 0 Å². The molecule has 6 heteroatoms. The molecule has 0 unspecified atom stereocenters. The number of carbonyl (C=O) groups excluding carboxylic acids is 2. The number of benzene rings is 2. The predicted molar refractivity (Wildman–Crippen MR) is 115 cm³/mol. The van der Waals surface area contributed by atoms with Crippen molar-refractivity contribution in [1.82, 2.24) is 9.58 Å². The van der Waals surface area contributed by atoms with Crippen molar-refractivity contribution in [3.05, 3.63) is 83.8 Å². The maximum Gasteiger partial charge on any atom is 0.254 e. The van der Waals surface area contributed by atoms with Gasteiger partial charge in [-0.25, -0.2) is 4.39 Å². The van der Waals surface area contributed by atoms with Gasteiger partial charge < -0.3 is 4.57 Å². The topological polar surface area (TPSA) is 54.7 Å². The number of halogens is 1. The number of hydrazone groups is 1. The SMILES string of the molecule is O=C1[C@@H]2[C@H](C(=O)N1N=Cc1cn(Cc3ccccc3F)c3ccccc13)[C@H]1C=C[C@H]2C1. The highest BCUT2D eigenvalue weighted by atomic mass is 19.1. The monoisotopic (exact) mass is 413 g/mol. The quantitative estimate of drug-likeness (QED) is 0.369. The van der Waals surface area contributed by atoms with Crippen molar-refractivity contribution in [3.8, 4) is 0 Å². The zero-order chi connectivity index (χ0) is 21.1. The average molecular weight is 413 g/mol. The second kappa shape index (κ2) is 6.74. The van der Waals surface area contributed by atoms with E-state index in [9.17, 15) is 14.0 Å². The molecule has 3 aliphatic rings. The maximum atomic E-state index is 14.2. The fourth-order valence-corrected chi connectivity index (χ4v) is 5.44. The number of allylic oxidation sites excluding steroid dienone is 2. The summed E-state index contributed by atoms with van der Waals surface area (Å²) in [6.07, 6.45) is 8.50. The van der Waals surface area contributed by atoms with E-state index >= 15 is 0 Å². The fourth-order valence-electron chi connectivity index (χ4n) is 5.44. The van der Waals surface area contributed by atoms with Crippen LogP contribution in [0.5, 0.6) is 0 Å². The molecule has 2 bridgehead atoms. The molecule has 2 aliphatic carbocycles. The summed E-state index contributed by atoms with van der Waals surface area (Å²) in [5.41, 5.74) is 2.31. The Kier molecular flexibility index (Phi) is 3.96. The van der Waals surface area contributed by atoms with E-state index in [-0.39, 0.29) is 41.3 Å². The van der Waals surface area contributed by atoms with Gasteiger partial charge in [-0.05, 0) is 30.4 Å². The van der Waals surface area contributed by atoms with E-state index in [1.807, 2.05) is 41.1 Å². The first kappa shape index (κ1) is 18.2. The van der Waals surface area contributed by atoms with Crippen LogP contribution in [0.15, 0.2) is 72.0 Å². The molecule has 1 saturated heterocycles. The van der Waals surface area contributed by atoms with Gasteiger partial charge in [0, 0.05) is 28.2 Å². The number of imide groups is 1. The largest absolute Gasteiger partial charge is 0.342 e. The molecule has 2 heterocycles. The second-order valence-electron chi connectivity index (χ2n) is 8.55. The van der Waals surface area contributed by atoms with Crippen LogP contribution in [0, 0.1) is 29.5 Å². The number of nitrogens with zero attached hydrogens (tertiary/aromatic N) is 3. The minimum atomic E-state index is -0.262. The number of fused-ring (bicyclic) bond motifs is 6. The summed E-state index contributed by atoms with van der Waals surface area (Å²) in [5.74, 6) is -0.845. The number of para-hydroxylation sites is 1. The molecule has 154 valence electrons. The summed E-state index contributed by atoms with van der Waals surface area (Å²) in [5, 5.41) is 6.31. The zero-order valence-electron chi connectivity index (χ0n) is 16.7. The van der Waals surface area contributed by atoms with Gasteiger partial charge in [-0.15, -0.1) is 0 Å². The first-order valence-electron chi connectivity index (χ1n) is 10.5. The summed E-state index contributed by atoms with van der Waals surface area (Å²) >= 11 is 0. The summed E-state index contributed by atoms with van der Waals surface area (Å²) < 4.78 is 16.1. The summed E-state index contributed by atoms with van der Waals surface area (Å²) in [4.78, 5) is 25.7. The molecule has 5 nitrogen and oxygen atoms in total. The van der Waals surface area contributed by atoms with Crippen LogP contribution in [0.1, 0.15) is 17.5 Å². The van der Waals surface area contributed by atoms with Gasteiger partial charge in [0.25, 0.3) is 11.8 Å². The van der Waals surface area contributed by atoms with Crippen molar-refractivity contribution in [2.75, 3.05) is 0 Å². The Bertz CT molecular complexity index is 1260. The Hall–Kier alpha value is -3.54. The molecule has 3 aromatic rings. The molecule has 2 fully saturated rings. The minimum absolute atomic E-state index is 0.161. The minimum Gasteiger partial charge on any atom is -0.342 e. The van der Waals surface area contributed by atoms with Crippen LogP contribution in [0.25, 0.3) is 10.9 Å². The van der Waals surface area contributed by atoms with Gasteiger partial charge in [0.15, 0.2) is 0 Å². The molecule has 2 aromatic carbocycles. The van der Waals surface area contributed by atoms with E-state index in [4.69, 9.17) is 0 Å². The van der Waals surface area contributed by atoms with E-state index in [1.54, 1.807) is 18.3 Å². The molecule has 4 atom stereocenters. The highest BCUT2D eigenvalue weighted by Crippen LogP contribution is 2.52. The van der Waals surface area contributed by atoms with Gasteiger partial charge in [0.2, 0.25) is 0 Å². The summed E-state index contributed by atoms with van der Waals surface area (Å²) in [7, 11) is 0. The predicted octanol–water partition coefficient (Wildman–Crippen LogP) is 3.97. The van der Waals surface area contributed by atoms with E-state index in [0.29, 0.717) is 12.1 Å². The maximum absolute atomic E-state index is 14.2. The Balaban J connectivity index is 1.33. The number of rotatable bonds is 4. The molecule has 0 N–H and O–H groups in total. The first-order valence-corrected chi connectivity index (χ1v) is 10.5. The Labute approximate surface area is 178 Å². The van der Waals surface area contributed by atoms with Crippen LogP contribution >= 0.6 is 0 Å². The van der Waals surface area contributed by atoms with Crippen molar-refractivity contribution in [3.63, 3.8) is 0 Å². The van der Waals surface area contributed by atoms with Crippen LogP contribution in [-0.2, 0) is 16.1 Å². The second-order valence-corrected chi connectivity index (χ2v) is 8.55. The standard InChI is InChI=1S/C25H20FN3O2/c26-20-7-3-1-5-17(20)13-28-14-18(19-6-2-4-8-21(19)28)12-27-29-24(30)22-15-9-10-16(11-15)23(22)25(29)31/h1-10,12,14-16,22-23H,11,13H2/t15-,16-,22-,23+/m0/s1. The van der Waals surface area contributed by atoms with Gasteiger partial charge in [-0.1, -0.05) is 48.6 Å². The van der Waals surface area contributed by atoms with Gasteiger partial charge in [-0.3, -0.25) is 9.59 Å². The fraction of sp³-hybridized carbons (Fsp3) is 0.240. The molecular weight excluding hydrogens is 393 g/mol. The van der Waals surface area contributed by atoms with E-state index in [1.165, 1.54) is 6.07 Å². The van der Waals surface area contributed by atoms with Gasteiger partial charge in [0.1, 0.15) is 5.82 Å². The van der Waals surface area contributed by atoms with Crippen molar-refractivity contribution >= 4 is 28.9 Å². The van der Waals surface area contributed by atoms with Crippen LogP contribution in [0.3, 0.4) is 0 Å². The Morgan fingerprint density at radius 3 is 2.39 bits per heavy atom. The zero-order valence-corrected chi connectivity index (χ0v) is 16.7. The lowest BCUT2D eigenvalue weighted by molar-refractivity contribution is -0.140. The first-order chi connectivity index (χ1) is 15.1. The smallest absolute Gasteiger partial charge is 0.254 e. The van der Waals surface area contributed by atoms with E-state index in [0.717, 1.165) is 27.9 Å². The van der Waals surface area contributed by atoms with Crippen molar-refractivity contribution < 1.29 is 14.0 Å². The van der Waals surface area contributed by atoms with Gasteiger partial charge >= 0.3 is 0 Å². The molecule has 31 heavy (non-hydrogen) atoms. The van der Waals surface area contributed by atoms with E-state index in [2.05, 4.69) is 17.3 Å². The molecule has 0 radical (unpaired) electrons. The van der Waals surface area contributed by atoms with Gasteiger partial charge in [0.05, 0.1) is 24.6 Å². The van der Waals surface area contributed by atoms with Crippen LogP contribution in [0.4, 0.5) is 4.39 Å².